The lowest BCUT2D eigenvalue weighted by atomic mass is 9.97. The Hall–Kier alpha value is -2.18. The summed E-state index contributed by atoms with van der Waals surface area (Å²) in [4.78, 5) is 1.97. The van der Waals surface area contributed by atoms with E-state index in [1.165, 1.54) is 12.1 Å². The molecule has 1 heterocycles. The van der Waals surface area contributed by atoms with E-state index in [1.54, 1.807) is 12.1 Å². The van der Waals surface area contributed by atoms with Crippen molar-refractivity contribution in [2.75, 3.05) is 26.3 Å². The number of benzene rings is 2. The van der Waals surface area contributed by atoms with E-state index < -0.39 is 35.7 Å². The number of halogens is 6. The fraction of sp³-hybridized carbons (Fsp3) is 0.538. The Morgan fingerprint density at radius 3 is 2.00 bits per heavy atom. The highest BCUT2D eigenvalue weighted by Gasteiger charge is 2.37. The molecule has 0 amide bonds. The van der Waals surface area contributed by atoms with E-state index >= 15 is 0 Å². The molecule has 0 spiro atoms. The number of piperidine rings is 1. The minimum absolute atomic E-state index is 0.0804. The van der Waals surface area contributed by atoms with Crippen molar-refractivity contribution >= 4 is 0 Å². The van der Waals surface area contributed by atoms with Crippen molar-refractivity contribution < 1.29 is 46.4 Å². The van der Waals surface area contributed by atoms with Crippen LogP contribution in [-0.2, 0) is 23.7 Å². The SMILES string of the molecule is OC[C@H]1CC(O)[C@@H](O)CN1CCCCCOCc1ccc(-c2cc(C(F)(F)F)cc(C(F)(F)F)c2)cc1. The fourth-order valence-corrected chi connectivity index (χ4v) is 4.36. The first kappa shape index (κ1) is 29.4. The van der Waals surface area contributed by atoms with E-state index in [0.29, 0.717) is 38.2 Å². The highest BCUT2D eigenvalue weighted by atomic mass is 19.4. The average Bonchev–Trinajstić information content (AvgIpc) is 2.84. The number of nitrogens with zero attached hydrogens (tertiary/aromatic N) is 1. The minimum atomic E-state index is -4.90. The third kappa shape index (κ3) is 8.41. The summed E-state index contributed by atoms with van der Waals surface area (Å²) < 4.78 is 84.3. The largest absolute Gasteiger partial charge is 0.416 e. The molecule has 5 nitrogen and oxygen atoms in total. The highest BCUT2D eigenvalue weighted by molar-refractivity contribution is 5.66. The number of aliphatic hydroxyl groups is 3. The maximum absolute atomic E-state index is 13.1. The summed E-state index contributed by atoms with van der Waals surface area (Å²) in [5.41, 5.74) is -1.92. The van der Waals surface area contributed by atoms with Gasteiger partial charge in [0.1, 0.15) is 0 Å². The van der Waals surface area contributed by atoms with Crippen LogP contribution in [0.1, 0.15) is 42.4 Å². The molecule has 2 aromatic carbocycles. The van der Waals surface area contributed by atoms with E-state index in [1.807, 2.05) is 4.90 Å². The zero-order valence-electron chi connectivity index (χ0n) is 20.1. The van der Waals surface area contributed by atoms with Gasteiger partial charge in [0.25, 0.3) is 0 Å². The molecule has 3 N–H and O–H groups in total. The molecule has 0 bridgehead atoms. The van der Waals surface area contributed by atoms with Crippen molar-refractivity contribution in [2.24, 2.45) is 0 Å². The van der Waals surface area contributed by atoms with Crippen LogP contribution >= 0.6 is 0 Å². The topological polar surface area (TPSA) is 73.2 Å². The van der Waals surface area contributed by atoms with Gasteiger partial charge in [-0.1, -0.05) is 24.3 Å². The van der Waals surface area contributed by atoms with Gasteiger partial charge in [-0.15, -0.1) is 0 Å². The second-order valence-electron chi connectivity index (χ2n) is 9.31. The number of aliphatic hydroxyl groups excluding tert-OH is 3. The maximum atomic E-state index is 13.1. The quantitative estimate of drug-likeness (QED) is 0.299. The zero-order valence-corrected chi connectivity index (χ0v) is 20.1. The molecular weight excluding hydrogens is 504 g/mol. The van der Waals surface area contributed by atoms with E-state index in [9.17, 15) is 41.7 Å². The Kier molecular flexibility index (Phi) is 9.99. The molecule has 1 aliphatic heterocycles. The third-order valence-electron chi connectivity index (χ3n) is 6.48. The van der Waals surface area contributed by atoms with E-state index in [4.69, 9.17) is 4.74 Å². The number of hydrogen-bond acceptors (Lipinski definition) is 5. The van der Waals surface area contributed by atoms with Gasteiger partial charge in [-0.25, -0.2) is 0 Å². The van der Waals surface area contributed by atoms with Crippen molar-refractivity contribution in [1.82, 2.24) is 4.90 Å². The molecule has 3 rings (SSSR count). The maximum Gasteiger partial charge on any atom is 0.416 e. The van der Waals surface area contributed by atoms with Gasteiger partial charge in [-0.2, -0.15) is 26.3 Å². The summed E-state index contributed by atoms with van der Waals surface area (Å²) in [6.07, 6.45) is -8.67. The van der Waals surface area contributed by atoms with Crippen LogP contribution in [0.5, 0.6) is 0 Å². The van der Waals surface area contributed by atoms with Crippen molar-refractivity contribution in [3.8, 4) is 11.1 Å². The lowest BCUT2D eigenvalue weighted by Gasteiger charge is -2.39. The lowest BCUT2D eigenvalue weighted by Crippen LogP contribution is -2.53. The average molecular weight is 536 g/mol. The standard InChI is InChI=1S/C26H31F6NO4/c27-25(28,29)20-10-19(11-21(12-20)26(30,31)32)18-6-4-17(5-7-18)16-37-9-3-1-2-8-33-14-24(36)23(35)13-22(33)15-34/h4-7,10-12,22-24,34-36H,1-3,8-9,13-16H2/t22-,23?,24+/m1/s1. The van der Waals surface area contributed by atoms with Gasteiger partial charge in [0.05, 0.1) is 36.5 Å². The Bertz CT molecular complexity index is 964. The first-order chi connectivity index (χ1) is 17.4. The van der Waals surface area contributed by atoms with Crippen LogP contribution in [-0.4, -0.2) is 64.8 Å². The summed E-state index contributed by atoms with van der Waals surface area (Å²) in [7, 11) is 0. The first-order valence-electron chi connectivity index (χ1n) is 12.1. The number of β-amino-alcohol motifs (C(OH)–C–C–N with tert-alkyl or cyclic N) is 1. The molecule has 1 unspecified atom stereocenters. The van der Waals surface area contributed by atoms with E-state index in [-0.39, 0.29) is 36.4 Å². The van der Waals surface area contributed by atoms with Gasteiger partial charge in [0.2, 0.25) is 0 Å². The van der Waals surface area contributed by atoms with Gasteiger partial charge in [0, 0.05) is 19.2 Å². The van der Waals surface area contributed by atoms with Crippen LogP contribution < -0.4 is 0 Å². The van der Waals surface area contributed by atoms with Crippen molar-refractivity contribution in [1.29, 1.82) is 0 Å². The molecule has 1 fully saturated rings. The summed E-state index contributed by atoms with van der Waals surface area (Å²) in [5, 5.41) is 29.0. The van der Waals surface area contributed by atoms with Crippen molar-refractivity contribution in [3.63, 3.8) is 0 Å². The lowest BCUT2D eigenvalue weighted by molar-refractivity contribution is -0.143. The third-order valence-corrected chi connectivity index (χ3v) is 6.48. The van der Waals surface area contributed by atoms with Crippen molar-refractivity contribution in [2.45, 2.75) is 62.9 Å². The summed E-state index contributed by atoms with van der Waals surface area (Å²) >= 11 is 0. The van der Waals surface area contributed by atoms with Crippen LogP contribution in [0.15, 0.2) is 42.5 Å². The normalized spacial score (nSPS) is 21.4. The van der Waals surface area contributed by atoms with Crippen LogP contribution in [0.4, 0.5) is 26.3 Å². The predicted molar refractivity (Wildman–Crippen MR) is 124 cm³/mol. The molecule has 11 heteroatoms. The van der Waals surface area contributed by atoms with Crippen LogP contribution in [0.25, 0.3) is 11.1 Å². The summed E-state index contributed by atoms with van der Waals surface area (Å²) in [5.74, 6) is 0. The van der Waals surface area contributed by atoms with Crippen LogP contribution in [0.3, 0.4) is 0 Å². The molecule has 206 valence electrons. The predicted octanol–water partition coefficient (Wildman–Crippen LogP) is 4.87. The van der Waals surface area contributed by atoms with Gasteiger partial charge in [0.15, 0.2) is 0 Å². The van der Waals surface area contributed by atoms with E-state index in [0.717, 1.165) is 24.8 Å². The molecule has 1 aliphatic rings. The number of hydrogen-bond donors (Lipinski definition) is 3. The molecule has 3 atom stereocenters. The minimum Gasteiger partial charge on any atom is -0.395 e. The second kappa shape index (κ2) is 12.6. The number of likely N-dealkylation sites (tertiary alicyclic amines) is 1. The first-order valence-corrected chi connectivity index (χ1v) is 12.1. The van der Waals surface area contributed by atoms with Gasteiger partial charge in [-0.05, 0) is 67.1 Å². The Morgan fingerprint density at radius 1 is 0.811 bits per heavy atom. The van der Waals surface area contributed by atoms with Crippen LogP contribution in [0.2, 0.25) is 0 Å². The summed E-state index contributed by atoms with van der Waals surface area (Å²) in [6, 6.07) is 7.49. The number of rotatable bonds is 10. The second-order valence-corrected chi connectivity index (χ2v) is 9.31. The monoisotopic (exact) mass is 535 g/mol. The highest BCUT2D eigenvalue weighted by Crippen LogP contribution is 2.38. The number of ether oxygens (including phenoxy) is 1. The van der Waals surface area contributed by atoms with Gasteiger partial charge < -0.3 is 20.1 Å². The number of alkyl halides is 6. The molecule has 1 saturated heterocycles. The Labute approximate surface area is 211 Å². The Morgan fingerprint density at radius 2 is 1.43 bits per heavy atom. The van der Waals surface area contributed by atoms with Crippen LogP contribution in [0, 0.1) is 0 Å². The van der Waals surface area contributed by atoms with E-state index in [2.05, 4.69) is 0 Å². The smallest absolute Gasteiger partial charge is 0.395 e. The fourth-order valence-electron chi connectivity index (χ4n) is 4.36. The molecule has 0 aromatic heterocycles. The van der Waals surface area contributed by atoms with Crippen molar-refractivity contribution in [3.05, 3.63) is 59.2 Å². The van der Waals surface area contributed by atoms with Gasteiger partial charge in [-0.3, -0.25) is 4.90 Å². The molecule has 0 saturated carbocycles. The Balaban J connectivity index is 1.46. The number of unbranched alkanes of at least 4 members (excludes halogenated alkanes) is 2. The molecule has 0 aliphatic carbocycles. The zero-order chi connectivity index (χ0) is 27.2. The molecular formula is C26H31F6NO4. The summed E-state index contributed by atoms with van der Waals surface area (Å²) in [6.45, 7) is 1.64. The molecule has 0 radical (unpaired) electrons. The van der Waals surface area contributed by atoms with Gasteiger partial charge >= 0.3 is 12.4 Å². The molecule has 37 heavy (non-hydrogen) atoms. The molecule has 2 aromatic rings.